The largest absolute Gasteiger partial charge is 0.437 e. The second-order valence-electron chi connectivity index (χ2n) is 7.51. The van der Waals surface area contributed by atoms with E-state index in [1.807, 2.05) is 50.4 Å². The predicted molar refractivity (Wildman–Crippen MR) is 119 cm³/mol. The monoisotopic (exact) mass is 390 g/mol. The number of hydrogen-bond acceptors (Lipinski definition) is 4. The Hall–Kier alpha value is -3.99. The number of imidazole rings is 1. The van der Waals surface area contributed by atoms with E-state index in [9.17, 15) is 0 Å². The van der Waals surface area contributed by atoms with Crippen LogP contribution in [-0.4, -0.2) is 19.5 Å². The second kappa shape index (κ2) is 6.26. The molecule has 0 unspecified atom stereocenters. The molecule has 0 atom stereocenters. The number of hydrogen-bond donors (Lipinski definition) is 0. The molecule has 0 bridgehead atoms. The lowest BCUT2D eigenvalue weighted by atomic mass is 10.1. The van der Waals surface area contributed by atoms with Gasteiger partial charge in [0.1, 0.15) is 16.9 Å². The van der Waals surface area contributed by atoms with Crippen LogP contribution in [0.4, 0.5) is 0 Å². The molecule has 6 rings (SSSR count). The van der Waals surface area contributed by atoms with Gasteiger partial charge in [-0.05, 0) is 50.2 Å². The van der Waals surface area contributed by atoms with Crippen LogP contribution in [0.1, 0.15) is 11.4 Å². The van der Waals surface area contributed by atoms with Gasteiger partial charge in [-0.2, -0.15) is 0 Å². The fraction of sp³-hybridized carbons (Fsp3) is 0.0800. The summed E-state index contributed by atoms with van der Waals surface area (Å²) >= 11 is 0. The van der Waals surface area contributed by atoms with E-state index in [2.05, 4.69) is 50.9 Å². The van der Waals surface area contributed by atoms with E-state index >= 15 is 0 Å². The van der Waals surface area contributed by atoms with Gasteiger partial charge < -0.3 is 4.42 Å². The average molecular weight is 390 g/mol. The molecule has 0 saturated heterocycles. The Kier molecular flexibility index (Phi) is 3.53. The van der Waals surface area contributed by atoms with Crippen molar-refractivity contribution in [2.75, 3.05) is 0 Å². The van der Waals surface area contributed by atoms with Crippen LogP contribution in [0.5, 0.6) is 0 Å². The first-order valence-corrected chi connectivity index (χ1v) is 9.89. The van der Waals surface area contributed by atoms with E-state index in [-0.39, 0.29) is 0 Å². The molecule has 0 fully saturated rings. The summed E-state index contributed by atoms with van der Waals surface area (Å²) in [5, 5.41) is 2.05. The number of benzene rings is 2. The highest BCUT2D eigenvalue weighted by Crippen LogP contribution is 2.37. The van der Waals surface area contributed by atoms with Crippen LogP contribution in [0.3, 0.4) is 0 Å². The second-order valence-corrected chi connectivity index (χ2v) is 7.51. The van der Waals surface area contributed by atoms with Crippen LogP contribution in [0.25, 0.3) is 50.2 Å². The molecular formula is C25H18N4O. The first-order valence-electron chi connectivity index (χ1n) is 9.89. The Morgan fingerprint density at radius 1 is 0.800 bits per heavy atom. The molecule has 0 aliphatic rings. The molecule has 30 heavy (non-hydrogen) atoms. The third kappa shape index (κ3) is 2.45. The topological polar surface area (TPSA) is 56.7 Å². The maximum Gasteiger partial charge on any atom is 0.227 e. The Labute approximate surface area is 172 Å². The number of para-hydroxylation sites is 2. The third-order valence-electron chi connectivity index (χ3n) is 5.44. The molecule has 0 radical (unpaired) electrons. The van der Waals surface area contributed by atoms with Gasteiger partial charge in [0.25, 0.3) is 0 Å². The number of fused-ring (bicyclic) bond motifs is 4. The Balaban J connectivity index is 1.73. The molecule has 144 valence electrons. The van der Waals surface area contributed by atoms with Crippen molar-refractivity contribution in [2.24, 2.45) is 0 Å². The van der Waals surface area contributed by atoms with Crippen molar-refractivity contribution in [1.82, 2.24) is 19.5 Å². The Bertz CT molecular complexity index is 1560. The lowest BCUT2D eigenvalue weighted by Crippen LogP contribution is -1.97. The number of aryl methyl sites for hydroxylation is 2. The van der Waals surface area contributed by atoms with Crippen molar-refractivity contribution in [3.63, 3.8) is 0 Å². The highest BCUT2D eigenvalue weighted by molar-refractivity contribution is 6.08. The molecule has 2 aromatic carbocycles. The highest BCUT2D eigenvalue weighted by atomic mass is 16.3. The molecule has 5 nitrogen and oxygen atoms in total. The minimum absolute atomic E-state index is 0.650. The zero-order valence-corrected chi connectivity index (χ0v) is 16.6. The van der Waals surface area contributed by atoms with E-state index in [0.29, 0.717) is 5.71 Å². The Morgan fingerprint density at radius 2 is 1.67 bits per heavy atom. The molecule has 4 aromatic heterocycles. The quantitative estimate of drug-likeness (QED) is 0.364. The van der Waals surface area contributed by atoms with Gasteiger partial charge in [0, 0.05) is 27.8 Å². The summed E-state index contributed by atoms with van der Waals surface area (Å²) in [6.45, 7) is 3.97. The SMILES string of the molecule is Cc1cc2c(cn1)nc(-c1cccc3c1oc1nc(C)ccc13)n2-c1ccccc1. The van der Waals surface area contributed by atoms with Crippen LogP contribution in [0.2, 0.25) is 0 Å². The van der Waals surface area contributed by atoms with Crippen molar-refractivity contribution in [3.8, 4) is 17.1 Å². The first-order chi connectivity index (χ1) is 14.7. The predicted octanol–water partition coefficient (Wildman–Crippen LogP) is 6.00. The summed E-state index contributed by atoms with van der Waals surface area (Å²) in [6.07, 6.45) is 1.83. The van der Waals surface area contributed by atoms with Gasteiger partial charge in [-0.1, -0.05) is 30.3 Å². The van der Waals surface area contributed by atoms with Gasteiger partial charge in [0.2, 0.25) is 5.71 Å². The molecule has 0 saturated carbocycles. The summed E-state index contributed by atoms with van der Waals surface area (Å²) in [5.74, 6) is 0.824. The minimum Gasteiger partial charge on any atom is -0.437 e. The van der Waals surface area contributed by atoms with Crippen LogP contribution < -0.4 is 0 Å². The third-order valence-corrected chi connectivity index (χ3v) is 5.44. The molecule has 0 spiro atoms. The first kappa shape index (κ1) is 16.9. The summed E-state index contributed by atoms with van der Waals surface area (Å²) in [6, 6.07) is 22.6. The van der Waals surface area contributed by atoms with Crippen molar-refractivity contribution in [1.29, 1.82) is 0 Å². The minimum atomic E-state index is 0.650. The average Bonchev–Trinajstić information content (AvgIpc) is 3.31. The molecule has 4 heterocycles. The molecule has 5 heteroatoms. The van der Waals surface area contributed by atoms with E-state index in [0.717, 1.165) is 55.9 Å². The normalized spacial score (nSPS) is 11.7. The van der Waals surface area contributed by atoms with E-state index in [4.69, 9.17) is 9.40 Å². The van der Waals surface area contributed by atoms with Gasteiger partial charge in [-0.25, -0.2) is 9.97 Å². The van der Waals surface area contributed by atoms with Gasteiger partial charge >= 0.3 is 0 Å². The fourth-order valence-corrected chi connectivity index (χ4v) is 4.05. The van der Waals surface area contributed by atoms with Gasteiger partial charge in [-0.3, -0.25) is 9.55 Å². The Morgan fingerprint density at radius 3 is 2.53 bits per heavy atom. The molecule has 0 aliphatic heterocycles. The van der Waals surface area contributed by atoms with Crippen LogP contribution in [0.15, 0.2) is 77.3 Å². The summed E-state index contributed by atoms with van der Waals surface area (Å²) in [4.78, 5) is 14.0. The van der Waals surface area contributed by atoms with E-state index in [1.54, 1.807) is 0 Å². The molecule has 0 aliphatic carbocycles. The number of pyridine rings is 2. The maximum atomic E-state index is 6.25. The van der Waals surface area contributed by atoms with Crippen LogP contribution >= 0.6 is 0 Å². The lowest BCUT2D eigenvalue weighted by Gasteiger charge is -2.10. The summed E-state index contributed by atoms with van der Waals surface area (Å²) in [7, 11) is 0. The smallest absolute Gasteiger partial charge is 0.227 e. The van der Waals surface area contributed by atoms with Crippen molar-refractivity contribution >= 4 is 33.1 Å². The number of rotatable bonds is 2. The zero-order chi connectivity index (χ0) is 20.2. The summed E-state index contributed by atoms with van der Waals surface area (Å²) < 4.78 is 8.42. The molecule has 0 amide bonds. The number of nitrogens with zero attached hydrogens (tertiary/aromatic N) is 4. The lowest BCUT2D eigenvalue weighted by molar-refractivity contribution is 0.653. The molecule has 6 aromatic rings. The van der Waals surface area contributed by atoms with Crippen LogP contribution in [0, 0.1) is 13.8 Å². The van der Waals surface area contributed by atoms with Crippen molar-refractivity contribution in [3.05, 3.63) is 84.3 Å². The number of aromatic nitrogens is 4. The van der Waals surface area contributed by atoms with Crippen LogP contribution in [-0.2, 0) is 0 Å². The van der Waals surface area contributed by atoms with Gasteiger partial charge in [-0.15, -0.1) is 0 Å². The maximum absolute atomic E-state index is 6.25. The molecule has 0 N–H and O–H groups in total. The fourth-order valence-electron chi connectivity index (χ4n) is 4.05. The van der Waals surface area contributed by atoms with Gasteiger partial charge in [0.05, 0.1) is 17.3 Å². The van der Waals surface area contributed by atoms with E-state index in [1.165, 1.54) is 0 Å². The number of furan rings is 1. The van der Waals surface area contributed by atoms with Crippen molar-refractivity contribution < 1.29 is 4.42 Å². The van der Waals surface area contributed by atoms with Crippen molar-refractivity contribution in [2.45, 2.75) is 13.8 Å². The zero-order valence-electron chi connectivity index (χ0n) is 16.6. The summed E-state index contributed by atoms with van der Waals surface area (Å²) in [5.41, 5.74) is 7.17. The van der Waals surface area contributed by atoms with Gasteiger partial charge in [0.15, 0.2) is 0 Å². The van der Waals surface area contributed by atoms with E-state index < -0.39 is 0 Å². The highest BCUT2D eigenvalue weighted by Gasteiger charge is 2.20. The standard InChI is InChI=1S/C25H18N4O/c1-15-11-12-19-18-9-6-10-20(23(18)30-25(19)27-15)24-28-21-14-26-16(2)13-22(21)29(24)17-7-4-3-5-8-17/h3-14H,1-2H3. The molecular weight excluding hydrogens is 372 g/mol.